The van der Waals surface area contributed by atoms with E-state index in [1.165, 1.54) is 19.3 Å². The van der Waals surface area contributed by atoms with E-state index in [-0.39, 0.29) is 17.7 Å². The minimum absolute atomic E-state index is 0.0419. The summed E-state index contributed by atoms with van der Waals surface area (Å²) in [5.74, 6) is 0.242. The number of nitrogens with one attached hydrogen (secondary N) is 1. The van der Waals surface area contributed by atoms with Crippen LogP contribution in [0.3, 0.4) is 0 Å². The van der Waals surface area contributed by atoms with Gasteiger partial charge in [-0.05, 0) is 61.1 Å². The van der Waals surface area contributed by atoms with Crippen LogP contribution >= 0.6 is 0 Å². The van der Waals surface area contributed by atoms with Crippen molar-refractivity contribution < 1.29 is 9.90 Å². The van der Waals surface area contributed by atoms with Crippen molar-refractivity contribution in [1.82, 2.24) is 20.2 Å². The van der Waals surface area contributed by atoms with Crippen molar-refractivity contribution in [2.24, 2.45) is 0 Å². The lowest BCUT2D eigenvalue weighted by Gasteiger charge is -2.44. The number of nitrogens with zero attached hydrogens (tertiary/aromatic N) is 3. The predicted octanol–water partition coefficient (Wildman–Crippen LogP) is 3.95. The molecule has 5 rings (SSSR count). The van der Waals surface area contributed by atoms with Gasteiger partial charge in [-0.3, -0.25) is 20.0 Å². The number of piperazine rings is 1. The van der Waals surface area contributed by atoms with Gasteiger partial charge < -0.3 is 5.11 Å². The number of piperidine rings is 1. The Labute approximate surface area is 202 Å². The lowest BCUT2D eigenvalue weighted by Crippen LogP contribution is -2.54. The molecule has 2 bridgehead atoms. The number of hydrogen-bond acceptors (Lipinski definition) is 5. The third-order valence-corrected chi connectivity index (χ3v) is 7.66. The molecule has 6 heteroatoms. The summed E-state index contributed by atoms with van der Waals surface area (Å²) in [4.78, 5) is 17.9. The summed E-state index contributed by atoms with van der Waals surface area (Å²) in [5, 5.41) is 12.2. The summed E-state index contributed by atoms with van der Waals surface area (Å²) >= 11 is 0. The van der Waals surface area contributed by atoms with Crippen molar-refractivity contribution in [3.63, 3.8) is 0 Å². The smallest absolute Gasteiger partial charge is 0.265 e. The molecular formula is C28H36N4O2. The van der Waals surface area contributed by atoms with Crippen LogP contribution in [0.2, 0.25) is 0 Å². The van der Waals surface area contributed by atoms with Crippen LogP contribution in [-0.4, -0.2) is 70.6 Å². The number of amides is 1. The third-order valence-electron chi connectivity index (χ3n) is 7.66. The molecule has 0 radical (unpaired) electrons. The topological polar surface area (TPSA) is 59.0 Å². The highest BCUT2D eigenvalue weighted by Crippen LogP contribution is 2.38. The van der Waals surface area contributed by atoms with Crippen LogP contribution < -0.4 is 5.43 Å². The van der Waals surface area contributed by atoms with E-state index in [1.807, 2.05) is 35.4 Å². The number of aromatic hydroxyl groups is 1. The number of likely N-dealkylation sites (tertiary alicyclic amines) is 1. The molecule has 6 nitrogen and oxygen atoms in total. The van der Waals surface area contributed by atoms with Crippen LogP contribution in [0.25, 0.3) is 0 Å². The second-order valence-corrected chi connectivity index (χ2v) is 9.93. The van der Waals surface area contributed by atoms with Gasteiger partial charge in [0.1, 0.15) is 5.75 Å². The van der Waals surface area contributed by atoms with Crippen LogP contribution in [0, 0.1) is 0 Å². The number of fused-ring (bicyclic) bond motifs is 2. The molecule has 3 aliphatic rings. The summed E-state index contributed by atoms with van der Waals surface area (Å²) in [5.41, 5.74) is 5.98. The third kappa shape index (κ3) is 4.90. The number of benzene rings is 2. The van der Waals surface area contributed by atoms with E-state index >= 15 is 0 Å². The number of phenols is 1. The first kappa shape index (κ1) is 23.1. The Morgan fingerprint density at radius 1 is 1.03 bits per heavy atom. The van der Waals surface area contributed by atoms with Crippen LogP contribution in [0.1, 0.15) is 59.6 Å². The van der Waals surface area contributed by atoms with Gasteiger partial charge in [0.15, 0.2) is 0 Å². The summed E-state index contributed by atoms with van der Waals surface area (Å²) in [6.07, 6.45) is 7.96. The fraction of sp³-hybridized carbons (Fsp3) is 0.464. The Morgan fingerprint density at radius 2 is 1.74 bits per heavy atom. The lowest BCUT2D eigenvalue weighted by molar-refractivity contribution is 0.0582. The highest BCUT2D eigenvalue weighted by molar-refractivity contribution is 5.93. The van der Waals surface area contributed by atoms with Crippen molar-refractivity contribution >= 4 is 5.91 Å². The first-order valence-electron chi connectivity index (χ1n) is 12.7. The molecule has 3 fully saturated rings. The van der Waals surface area contributed by atoms with Crippen LogP contribution in [0.15, 0.2) is 61.2 Å². The van der Waals surface area contributed by atoms with Crippen LogP contribution in [-0.2, 0) is 0 Å². The van der Waals surface area contributed by atoms with Crippen LogP contribution in [0.4, 0.5) is 0 Å². The van der Waals surface area contributed by atoms with E-state index in [2.05, 4.69) is 40.0 Å². The molecule has 0 spiro atoms. The molecule has 0 saturated carbocycles. The average Bonchev–Trinajstić information content (AvgIpc) is 3.08. The van der Waals surface area contributed by atoms with Gasteiger partial charge in [-0.1, -0.05) is 36.8 Å². The first-order chi connectivity index (χ1) is 16.6. The van der Waals surface area contributed by atoms with Gasteiger partial charge >= 0.3 is 0 Å². The van der Waals surface area contributed by atoms with E-state index in [9.17, 15) is 9.90 Å². The minimum atomic E-state index is -0.0431. The van der Waals surface area contributed by atoms with E-state index in [1.54, 1.807) is 6.07 Å². The summed E-state index contributed by atoms with van der Waals surface area (Å²) < 4.78 is 0. The maximum absolute atomic E-state index is 12.8. The Hall–Kier alpha value is -2.67. The first-order valence-corrected chi connectivity index (χ1v) is 12.7. The Bertz CT molecular complexity index is 988. The highest BCUT2D eigenvalue weighted by Gasteiger charge is 2.41. The summed E-state index contributed by atoms with van der Waals surface area (Å²) in [6, 6.07) is 16.8. The molecule has 0 aromatic heterocycles. The number of carbonyl (C=O) groups excluding carboxylic acids is 1. The standard InChI is InChI=1S/C28H36N4O2/c1-2-15-32-24-13-14-25(32)20-30(19-24)27(23-7-6-8-26(33)18-23)21-9-11-22(12-10-21)28(34)29-31-16-4-3-5-17-31/h2,6-12,18,24-25,27,33H,1,3-5,13-17,19-20H2,(H,29,34). The van der Waals surface area contributed by atoms with Crippen molar-refractivity contribution in [3.8, 4) is 5.75 Å². The van der Waals surface area contributed by atoms with Crippen molar-refractivity contribution in [2.45, 2.75) is 50.2 Å². The molecule has 3 atom stereocenters. The summed E-state index contributed by atoms with van der Waals surface area (Å²) in [6.45, 7) is 8.71. The minimum Gasteiger partial charge on any atom is -0.508 e. The van der Waals surface area contributed by atoms with Crippen molar-refractivity contribution in [3.05, 3.63) is 77.9 Å². The molecule has 3 unspecified atom stereocenters. The van der Waals surface area contributed by atoms with Gasteiger partial charge in [-0.15, -0.1) is 6.58 Å². The maximum Gasteiger partial charge on any atom is 0.265 e. The number of hydrazine groups is 1. The molecule has 3 saturated heterocycles. The molecule has 3 heterocycles. The molecule has 1 amide bonds. The Balaban J connectivity index is 1.38. The molecule has 2 N–H and O–H groups in total. The van der Waals surface area contributed by atoms with Gasteiger partial charge in [0.2, 0.25) is 0 Å². The van der Waals surface area contributed by atoms with Crippen molar-refractivity contribution in [1.29, 1.82) is 0 Å². The van der Waals surface area contributed by atoms with Crippen molar-refractivity contribution in [2.75, 3.05) is 32.7 Å². The quantitative estimate of drug-likeness (QED) is 0.613. The van der Waals surface area contributed by atoms with Gasteiger partial charge in [-0.2, -0.15) is 0 Å². The SMILES string of the molecule is C=CCN1C2CCC1CN(C(c1ccc(C(=O)NN3CCCCC3)cc1)c1cccc(O)c1)C2. The summed E-state index contributed by atoms with van der Waals surface area (Å²) in [7, 11) is 0. The van der Waals surface area contributed by atoms with Gasteiger partial charge in [-0.25, -0.2) is 5.01 Å². The fourth-order valence-corrected chi connectivity index (χ4v) is 6.02. The zero-order valence-electron chi connectivity index (χ0n) is 19.9. The molecule has 0 aliphatic carbocycles. The lowest BCUT2D eigenvalue weighted by atomic mass is 9.94. The van der Waals surface area contributed by atoms with Gasteiger partial charge in [0, 0.05) is 50.4 Å². The number of phenolic OH excluding ortho intramolecular Hbond substituents is 1. The molecular weight excluding hydrogens is 424 g/mol. The zero-order valence-corrected chi connectivity index (χ0v) is 19.9. The number of rotatable bonds is 7. The zero-order chi connectivity index (χ0) is 23.5. The number of carbonyl (C=O) groups is 1. The average molecular weight is 461 g/mol. The predicted molar refractivity (Wildman–Crippen MR) is 135 cm³/mol. The van der Waals surface area contributed by atoms with E-state index in [0.29, 0.717) is 17.6 Å². The molecule has 34 heavy (non-hydrogen) atoms. The Morgan fingerprint density at radius 3 is 2.38 bits per heavy atom. The molecule has 2 aromatic rings. The highest BCUT2D eigenvalue weighted by atomic mass is 16.3. The van der Waals surface area contributed by atoms with E-state index in [0.717, 1.165) is 56.7 Å². The normalized spacial score (nSPS) is 24.6. The second kappa shape index (κ2) is 10.3. The van der Waals surface area contributed by atoms with E-state index in [4.69, 9.17) is 0 Å². The van der Waals surface area contributed by atoms with Crippen LogP contribution in [0.5, 0.6) is 5.75 Å². The second-order valence-electron chi connectivity index (χ2n) is 9.93. The van der Waals surface area contributed by atoms with Gasteiger partial charge in [0.25, 0.3) is 5.91 Å². The monoisotopic (exact) mass is 460 g/mol. The number of hydrogen-bond donors (Lipinski definition) is 2. The van der Waals surface area contributed by atoms with E-state index < -0.39 is 0 Å². The molecule has 2 aromatic carbocycles. The fourth-order valence-electron chi connectivity index (χ4n) is 6.02. The maximum atomic E-state index is 12.8. The van der Waals surface area contributed by atoms with Gasteiger partial charge in [0.05, 0.1) is 6.04 Å². The molecule has 3 aliphatic heterocycles. The largest absolute Gasteiger partial charge is 0.508 e. The molecule has 180 valence electrons. The Kier molecular flexibility index (Phi) is 6.99.